The number of hydrogen-bond acceptors (Lipinski definition) is 4. The summed E-state index contributed by atoms with van der Waals surface area (Å²) in [5.74, 6) is -0.863. The third kappa shape index (κ3) is 8.98. The van der Waals surface area contributed by atoms with Crippen LogP contribution in [0.1, 0.15) is 31.4 Å². The van der Waals surface area contributed by atoms with Crippen LogP contribution in [0, 0.1) is 0 Å². The highest BCUT2D eigenvalue weighted by molar-refractivity contribution is 7.92. The molecule has 0 aliphatic heterocycles. The summed E-state index contributed by atoms with van der Waals surface area (Å²) in [5.41, 5.74) is 1.82. The number of rotatable bonds is 12. The maximum absolute atomic E-state index is 14.0. The highest BCUT2D eigenvalue weighted by atomic mass is 35.5. The SMILES string of the molecule is CC[C@@H](C)NC(=O)[C@@H](Cc1ccccc1)N(Cc1cccc(Cl)c1)C(=O)CN(c1cccc(Cl)c1)S(C)(=O)=O. The Morgan fingerprint density at radius 3 is 2.10 bits per heavy atom. The first-order valence-corrected chi connectivity index (χ1v) is 15.2. The second-order valence-corrected chi connectivity index (χ2v) is 12.2. The van der Waals surface area contributed by atoms with E-state index in [1.54, 1.807) is 36.4 Å². The van der Waals surface area contributed by atoms with Crippen LogP contribution in [-0.4, -0.2) is 50.0 Å². The summed E-state index contributed by atoms with van der Waals surface area (Å²) in [6.07, 6.45) is 1.98. The van der Waals surface area contributed by atoms with Crippen molar-refractivity contribution >= 4 is 50.7 Å². The Bertz CT molecular complexity index is 1390. The van der Waals surface area contributed by atoms with Crippen molar-refractivity contribution in [2.45, 2.75) is 45.3 Å². The van der Waals surface area contributed by atoms with Crippen LogP contribution in [-0.2, 0) is 32.6 Å². The monoisotopic (exact) mass is 589 g/mol. The fourth-order valence-electron chi connectivity index (χ4n) is 4.07. The van der Waals surface area contributed by atoms with Gasteiger partial charge in [0, 0.05) is 29.1 Å². The molecule has 3 rings (SSSR count). The normalized spacial score (nSPS) is 12.8. The van der Waals surface area contributed by atoms with Gasteiger partial charge in [0.05, 0.1) is 11.9 Å². The van der Waals surface area contributed by atoms with Gasteiger partial charge in [-0.1, -0.05) is 78.7 Å². The van der Waals surface area contributed by atoms with E-state index in [2.05, 4.69) is 5.32 Å². The van der Waals surface area contributed by atoms with Crippen LogP contribution in [0.25, 0.3) is 0 Å². The molecule has 0 saturated carbocycles. The maximum Gasteiger partial charge on any atom is 0.244 e. The highest BCUT2D eigenvalue weighted by Crippen LogP contribution is 2.23. The number of benzene rings is 3. The molecule has 0 radical (unpaired) electrons. The van der Waals surface area contributed by atoms with E-state index in [0.29, 0.717) is 22.0 Å². The molecule has 208 valence electrons. The molecule has 2 atom stereocenters. The average Bonchev–Trinajstić information content (AvgIpc) is 2.89. The van der Waals surface area contributed by atoms with Crippen LogP contribution >= 0.6 is 23.2 Å². The molecule has 0 aromatic heterocycles. The minimum Gasteiger partial charge on any atom is -0.352 e. The van der Waals surface area contributed by atoms with E-state index in [-0.39, 0.29) is 30.6 Å². The molecule has 0 aliphatic carbocycles. The zero-order chi connectivity index (χ0) is 28.6. The van der Waals surface area contributed by atoms with Crippen molar-refractivity contribution in [1.29, 1.82) is 0 Å². The number of nitrogens with zero attached hydrogens (tertiary/aromatic N) is 2. The van der Waals surface area contributed by atoms with Crippen LogP contribution in [0.2, 0.25) is 10.0 Å². The van der Waals surface area contributed by atoms with Crippen molar-refractivity contribution in [3.8, 4) is 0 Å². The zero-order valence-corrected chi connectivity index (χ0v) is 24.5. The quantitative estimate of drug-likeness (QED) is 0.310. The molecule has 39 heavy (non-hydrogen) atoms. The Labute approximate surface area is 240 Å². The van der Waals surface area contributed by atoms with Crippen molar-refractivity contribution in [2.24, 2.45) is 0 Å². The Balaban J connectivity index is 2.06. The lowest BCUT2D eigenvalue weighted by Crippen LogP contribution is -2.54. The summed E-state index contributed by atoms with van der Waals surface area (Å²) in [4.78, 5) is 29.1. The zero-order valence-electron chi connectivity index (χ0n) is 22.2. The van der Waals surface area contributed by atoms with Gasteiger partial charge in [0.2, 0.25) is 21.8 Å². The highest BCUT2D eigenvalue weighted by Gasteiger charge is 2.33. The molecule has 3 aromatic carbocycles. The fraction of sp³-hybridized carbons (Fsp3) is 0.310. The average molecular weight is 591 g/mol. The molecular weight excluding hydrogens is 557 g/mol. The number of carbonyl (C=O) groups excluding carboxylic acids is 2. The first-order valence-electron chi connectivity index (χ1n) is 12.6. The lowest BCUT2D eigenvalue weighted by Gasteiger charge is -2.34. The number of hydrogen-bond donors (Lipinski definition) is 1. The van der Waals surface area contributed by atoms with E-state index in [9.17, 15) is 18.0 Å². The fourth-order valence-corrected chi connectivity index (χ4v) is 5.31. The molecule has 0 unspecified atom stereocenters. The third-order valence-corrected chi connectivity index (χ3v) is 7.90. The Hall–Kier alpha value is -3.07. The largest absolute Gasteiger partial charge is 0.352 e. The standard InChI is InChI=1S/C29H33Cl2N3O4S/c1-4-21(2)32-29(36)27(17-22-10-6-5-7-11-22)33(19-23-12-8-13-24(30)16-23)28(35)20-34(39(3,37)38)26-15-9-14-25(31)18-26/h5-16,18,21,27H,4,17,19-20H2,1-3H3,(H,32,36)/t21-,27-/m1/s1. The summed E-state index contributed by atoms with van der Waals surface area (Å²) in [7, 11) is -3.87. The number of amides is 2. The third-order valence-electron chi connectivity index (χ3n) is 6.29. The van der Waals surface area contributed by atoms with Gasteiger partial charge in [-0.05, 0) is 54.8 Å². The minimum absolute atomic E-state index is 0.0535. The van der Waals surface area contributed by atoms with Crippen LogP contribution in [0.3, 0.4) is 0 Å². The van der Waals surface area contributed by atoms with Gasteiger partial charge in [0.15, 0.2) is 0 Å². The van der Waals surface area contributed by atoms with Gasteiger partial charge in [-0.15, -0.1) is 0 Å². The van der Waals surface area contributed by atoms with E-state index in [0.717, 1.165) is 16.1 Å². The molecule has 0 saturated heterocycles. The second kappa shape index (κ2) is 13.8. The van der Waals surface area contributed by atoms with E-state index in [4.69, 9.17) is 23.2 Å². The molecule has 3 aromatic rings. The molecule has 0 aliphatic rings. The lowest BCUT2D eigenvalue weighted by molar-refractivity contribution is -0.140. The molecule has 7 nitrogen and oxygen atoms in total. The summed E-state index contributed by atoms with van der Waals surface area (Å²) in [6, 6.07) is 21.7. The molecule has 0 heterocycles. The van der Waals surface area contributed by atoms with Crippen molar-refractivity contribution in [3.63, 3.8) is 0 Å². The number of nitrogens with one attached hydrogen (secondary N) is 1. The molecule has 0 fully saturated rings. The van der Waals surface area contributed by atoms with Crippen molar-refractivity contribution < 1.29 is 18.0 Å². The first-order chi connectivity index (χ1) is 18.5. The second-order valence-electron chi connectivity index (χ2n) is 9.42. The lowest BCUT2D eigenvalue weighted by atomic mass is 10.0. The molecular formula is C29H33Cl2N3O4S. The van der Waals surface area contributed by atoms with Crippen LogP contribution in [0.15, 0.2) is 78.9 Å². The summed E-state index contributed by atoms with van der Waals surface area (Å²) in [5, 5.41) is 3.82. The van der Waals surface area contributed by atoms with Crippen LogP contribution in [0.5, 0.6) is 0 Å². The van der Waals surface area contributed by atoms with Gasteiger partial charge in [0.1, 0.15) is 12.6 Å². The topological polar surface area (TPSA) is 86.8 Å². The Kier molecular flexibility index (Phi) is 10.8. The van der Waals surface area contributed by atoms with Gasteiger partial charge < -0.3 is 10.2 Å². The van der Waals surface area contributed by atoms with E-state index in [1.807, 2.05) is 50.2 Å². The summed E-state index contributed by atoms with van der Waals surface area (Å²) in [6.45, 7) is 3.39. The molecule has 2 amide bonds. The van der Waals surface area contributed by atoms with Crippen molar-refractivity contribution in [2.75, 3.05) is 17.1 Å². The number of halogens is 2. The predicted molar refractivity (Wildman–Crippen MR) is 157 cm³/mol. The predicted octanol–water partition coefficient (Wildman–Crippen LogP) is 5.31. The minimum atomic E-state index is -3.87. The van der Waals surface area contributed by atoms with Gasteiger partial charge in [0.25, 0.3) is 0 Å². The van der Waals surface area contributed by atoms with Gasteiger partial charge in [-0.2, -0.15) is 0 Å². The first kappa shape index (κ1) is 30.5. The number of sulfonamides is 1. The van der Waals surface area contributed by atoms with Gasteiger partial charge >= 0.3 is 0 Å². The number of carbonyl (C=O) groups is 2. The Morgan fingerprint density at radius 2 is 1.51 bits per heavy atom. The van der Waals surface area contributed by atoms with E-state index in [1.165, 1.54) is 11.0 Å². The maximum atomic E-state index is 14.0. The summed E-state index contributed by atoms with van der Waals surface area (Å²) >= 11 is 12.3. The molecule has 10 heteroatoms. The van der Waals surface area contributed by atoms with Gasteiger partial charge in [-0.25, -0.2) is 8.42 Å². The van der Waals surface area contributed by atoms with Crippen molar-refractivity contribution in [3.05, 3.63) is 100 Å². The molecule has 0 bridgehead atoms. The van der Waals surface area contributed by atoms with Gasteiger partial charge in [-0.3, -0.25) is 13.9 Å². The van der Waals surface area contributed by atoms with Crippen LogP contribution < -0.4 is 9.62 Å². The van der Waals surface area contributed by atoms with E-state index >= 15 is 0 Å². The van der Waals surface area contributed by atoms with E-state index < -0.39 is 28.5 Å². The molecule has 1 N–H and O–H groups in total. The summed E-state index contributed by atoms with van der Waals surface area (Å²) < 4.78 is 26.6. The molecule has 0 spiro atoms. The van der Waals surface area contributed by atoms with Crippen LogP contribution in [0.4, 0.5) is 5.69 Å². The van der Waals surface area contributed by atoms with Crippen molar-refractivity contribution in [1.82, 2.24) is 10.2 Å². The smallest absolute Gasteiger partial charge is 0.244 e. The Morgan fingerprint density at radius 1 is 0.897 bits per heavy atom. The number of anilines is 1.